The van der Waals surface area contributed by atoms with Crippen LogP contribution in [-0.4, -0.2) is 52.2 Å². The predicted molar refractivity (Wildman–Crippen MR) is 71.6 cm³/mol. The van der Waals surface area contributed by atoms with E-state index in [0.29, 0.717) is 11.9 Å². The van der Waals surface area contributed by atoms with Gasteiger partial charge in [0, 0.05) is 31.9 Å². The summed E-state index contributed by atoms with van der Waals surface area (Å²) >= 11 is 0. The van der Waals surface area contributed by atoms with Gasteiger partial charge in [0.1, 0.15) is 11.9 Å². The van der Waals surface area contributed by atoms with Crippen molar-refractivity contribution in [1.29, 1.82) is 0 Å². The summed E-state index contributed by atoms with van der Waals surface area (Å²) in [5.74, 6) is 1.42. The van der Waals surface area contributed by atoms with Gasteiger partial charge in [0.2, 0.25) is 0 Å². The number of likely N-dealkylation sites (N-methyl/N-ethyl adjacent to an activating group) is 1. The summed E-state index contributed by atoms with van der Waals surface area (Å²) < 4.78 is 0. The zero-order valence-electron chi connectivity index (χ0n) is 11.4. The van der Waals surface area contributed by atoms with Gasteiger partial charge in [-0.25, -0.2) is 9.97 Å². The smallest absolute Gasteiger partial charge is 0.158 e. The summed E-state index contributed by atoms with van der Waals surface area (Å²) in [6, 6.07) is 2.45. The lowest BCUT2D eigenvalue weighted by Gasteiger charge is -2.39. The summed E-state index contributed by atoms with van der Waals surface area (Å²) in [4.78, 5) is 13.2. The molecule has 1 N–H and O–H groups in total. The highest BCUT2D eigenvalue weighted by molar-refractivity contribution is 5.38. The second-order valence-electron chi connectivity index (χ2n) is 4.87. The summed E-state index contributed by atoms with van der Waals surface area (Å²) in [5, 5.41) is 9.53. The Kier molecular flexibility index (Phi) is 4.14. The summed E-state index contributed by atoms with van der Waals surface area (Å²) in [6.45, 7) is 10.2. The molecule has 1 aliphatic heterocycles. The molecule has 2 atom stereocenters. The Hall–Kier alpha value is -1.20. The van der Waals surface area contributed by atoms with Crippen LogP contribution in [0.4, 0.5) is 5.82 Å². The van der Waals surface area contributed by atoms with Crippen molar-refractivity contribution in [2.75, 3.05) is 31.1 Å². The number of rotatable bonds is 3. The third kappa shape index (κ3) is 2.79. The minimum Gasteiger partial charge on any atom is -0.385 e. The first kappa shape index (κ1) is 13.2. The van der Waals surface area contributed by atoms with Crippen LogP contribution in [0.3, 0.4) is 0 Å². The van der Waals surface area contributed by atoms with Crippen molar-refractivity contribution in [3.63, 3.8) is 0 Å². The van der Waals surface area contributed by atoms with Crippen molar-refractivity contribution in [3.05, 3.63) is 18.1 Å². The zero-order chi connectivity index (χ0) is 13.1. The largest absolute Gasteiger partial charge is 0.385 e. The number of piperazine rings is 1. The molecule has 2 rings (SSSR count). The summed E-state index contributed by atoms with van der Waals surface area (Å²) in [7, 11) is 0. The van der Waals surface area contributed by atoms with E-state index in [1.165, 1.54) is 0 Å². The second-order valence-corrected chi connectivity index (χ2v) is 4.87. The molecular formula is C13H22N4O. The predicted octanol–water partition coefficient (Wildman–Crippen LogP) is 1.06. The van der Waals surface area contributed by atoms with Crippen LogP contribution in [0.15, 0.2) is 12.3 Å². The topological polar surface area (TPSA) is 52.5 Å². The summed E-state index contributed by atoms with van der Waals surface area (Å²) in [5.41, 5.74) is 0. The van der Waals surface area contributed by atoms with E-state index in [0.717, 1.165) is 32.0 Å². The number of aromatic nitrogens is 2. The van der Waals surface area contributed by atoms with Gasteiger partial charge in [-0.2, -0.15) is 0 Å². The standard InChI is InChI=1S/C13H22N4O/c1-4-16-7-8-17(9-10(16)2)12-5-6-14-13(15-12)11(3)18/h5-6,10-11,18H,4,7-9H2,1-3H3/t10?,11-/m1/s1. The van der Waals surface area contributed by atoms with Gasteiger partial charge in [-0.1, -0.05) is 6.92 Å². The Morgan fingerprint density at radius 2 is 2.28 bits per heavy atom. The molecule has 2 heterocycles. The summed E-state index contributed by atoms with van der Waals surface area (Å²) in [6.07, 6.45) is 1.11. The van der Waals surface area contributed by atoms with E-state index in [9.17, 15) is 5.11 Å². The zero-order valence-corrected chi connectivity index (χ0v) is 11.4. The molecule has 5 heteroatoms. The van der Waals surface area contributed by atoms with E-state index in [1.54, 1.807) is 13.1 Å². The van der Waals surface area contributed by atoms with Crippen molar-refractivity contribution in [1.82, 2.24) is 14.9 Å². The molecule has 0 saturated carbocycles. The maximum Gasteiger partial charge on any atom is 0.158 e. The Morgan fingerprint density at radius 3 is 2.89 bits per heavy atom. The first-order valence-electron chi connectivity index (χ1n) is 6.61. The molecule has 18 heavy (non-hydrogen) atoms. The molecule has 1 aromatic heterocycles. The van der Waals surface area contributed by atoms with Gasteiger partial charge in [-0.3, -0.25) is 4.90 Å². The normalized spacial score (nSPS) is 23.1. The van der Waals surface area contributed by atoms with Crippen molar-refractivity contribution < 1.29 is 5.11 Å². The monoisotopic (exact) mass is 250 g/mol. The van der Waals surface area contributed by atoms with Crippen LogP contribution in [0.5, 0.6) is 0 Å². The fourth-order valence-corrected chi connectivity index (χ4v) is 2.41. The van der Waals surface area contributed by atoms with Gasteiger partial charge in [0.25, 0.3) is 0 Å². The molecule has 5 nitrogen and oxygen atoms in total. The molecule has 1 aromatic rings. The fraction of sp³-hybridized carbons (Fsp3) is 0.692. The number of aliphatic hydroxyl groups excluding tert-OH is 1. The molecule has 1 aliphatic rings. The minimum absolute atomic E-state index is 0.498. The van der Waals surface area contributed by atoms with Crippen molar-refractivity contribution in [2.45, 2.75) is 32.9 Å². The third-order valence-electron chi connectivity index (χ3n) is 3.53. The lowest BCUT2D eigenvalue weighted by atomic mass is 10.2. The first-order chi connectivity index (χ1) is 8.61. The molecule has 100 valence electrons. The molecular weight excluding hydrogens is 228 g/mol. The van der Waals surface area contributed by atoms with Crippen LogP contribution in [0.1, 0.15) is 32.7 Å². The highest BCUT2D eigenvalue weighted by atomic mass is 16.3. The number of hydrogen-bond donors (Lipinski definition) is 1. The van der Waals surface area contributed by atoms with Crippen LogP contribution in [0.2, 0.25) is 0 Å². The van der Waals surface area contributed by atoms with E-state index >= 15 is 0 Å². The quantitative estimate of drug-likeness (QED) is 0.869. The van der Waals surface area contributed by atoms with E-state index in [1.807, 2.05) is 6.07 Å². The van der Waals surface area contributed by atoms with Gasteiger partial charge in [0.05, 0.1) is 0 Å². The molecule has 0 radical (unpaired) electrons. The minimum atomic E-state index is -0.612. The van der Waals surface area contributed by atoms with Crippen LogP contribution in [0.25, 0.3) is 0 Å². The van der Waals surface area contributed by atoms with Crippen molar-refractivity contribution >= 4 is 5.82 Å². The highest BCUT2D eigenvalue weighted by Crippen LogP contribution is 2.18. The molecule has 1 fully saturated rings. The Balaban J connectivity index is 2.10. The molecule has 0 aliphatic carbocycles. The lowest BCUT2D eigenvalue weighted by molar-refractivity contribution is 0.187. The molecule has 0 amide bonds. The van der Waals surface area contributed by atoms with E-state index in [-0.39, 0.29) is 0 Å². The molecule has 0 aromatic carbocycles. The number of hydrogen-bond acceptors (Lipinski definition) is 5. The SMILES string of the molecule is CCN1CCN(c2ccnc([C@@H](C)O)n2)CC1C. The Bertz CT molecular complexity index is 396. The van der Waals surface area contributed by atoms with Crippen LogP contribution >= 0.6 is 0 Å². The number of aliphatic hydroxyl groups is 1. The van der Waals surface area contributed by atoms with Gasteiger partial charge < -0.3 is 10.0 Å². The van der Waals surface area contributed by atoms with E-state index in [4.69, 9.17) is 0 Å². The maximum absolute atomic E-state index is 9.53. The second kappa shape index (κ2) is 5.63. The number of nitrogens with zero attached hydrogens (tertiary/aromatic N) is 4. The fourth-order valence-electron chi connectivity index (χ4n) is 2.41. The molecule has 0 bridgehead atoms. The van der Waals surface area contributed by atoms with Crippen molar-refractivity contribution in [3.8, 4) is 0 Å². The van der Waals surface area contributed by atoms with E-state index < -0.39 is 6.10 Å². The van der Waals surface area contributed by atoms with Gasteiger partial charge in [-0.15, -0.1) is 0 Å². The van der Waals surface area contributed by atoms with Gasteiger partial charge in [0.15, 0.2) is 5.82 Å². The van der Waals surface area contributed by atoms with E-state index in [2.05, 4.69) is 33.6 Å². The average Bonchev–Trinajstić information content (AvgIpc) is 2.38. The first-order valence-corrected chi connectivity index (χ1v) is 6.61. The van der Waals surface area contributed by atoms with Gasteiger partial charge in [-0.05, 0) is 26.5 Å². The van der Waals surface area contributed by atoms with Crippen LogP contribution in [0, 0.1) is 0 Å². The van der Waals surface area contributed by atoms with Gasteiger partial charge >= 0.3 is 0 Å². The lowest BCUT2D eigenvalue weighted by Crippen LogP contribution is -2.52. The van der Waals surface area contributed by atoms with Crippen molar-refractivity contribution in [2.24, 2.45) is 0 Å². The average molecular weight is 250 g/mol. The molecule has 1 saturated heterocycles. The maximum atomic E-state index is 9.53. The molecule has 1 unspecified atom stereocenters. The van der Waals surface area contributed by atoms with Crippen LogP contribution < -0.4 is 4.90 Å². The molecule has 0 spiro atoms. The Morgan fingerprint density at radius 1 is 1.50 bits per heavy atom. The Labute approximate surface area is 108 Å². The number of anilines is 1. The van der Waals surface area contributed by atoms with Crippen LogP contribution in [-0.2, 0) is 0 Å². The third-order valence-corrected chi connectivity index (χ3v) is 3.53. The highest BCUT2D eigenvalue weighted by Gasteiger charge is 2.23.